The molecule has 6 heteroatoms. The largest absolute Gasteiger partial charge is 0.399 e. The van der Waals surface area contributed by atoms with E-state index in [0.717, 1.165) is 36.9 Å². The third-order valence-corrected chi connectivity index (χ3v) is 5.81. The number of anilines is 2. The molecule has 2 N–H and O–H groups in total. The minimum absolute atomic E-state index is 0.551. The first-order valence-electron chi connectivity index (χ1n) is 6.75. The number of hydrogen-bond donors (Lipinski definition) is 1. The number of benzene rings is 1. The lowest BCUT2D eigenvalue weighted by Crippen LogP contribution is -2.44. The molecule has 104 valence electrons. The molecule has 1 aromatic carbocycles. The molecule has 0 atom stereocenters. The first-order chi connectivity index (χ1) is 9.09. The van der Waals surface area contributed by atoms with Crippen molar-refractivity contribution < 1.29 is 8.42 Å². The molecule has 0 saturated carbocycles. The van der Waals surface area contributed by atoms with Crippen LogP contribution in [-0.2, 0) is 16.6 Å². The highest BCUT2D eigenvalue weighted by molar-refractivity contribution is 7.90. The van der Waals surface area contributed by atoms with Gasteiger partial charge < -0.3 is 5.73 Å². The number of fused-ring (bicyclic) bond motifs is 1. The Morgan fingerprint density at radius 2 is 1.79 bits per heavy atom. The number of hydrogen-bond acceptors (Lipinski definition) is 3. The van der Waals surface area contributed by atoms with Crippen molar-refractivity contribution in [2.45, 2.75) is 25.7 Å². The van der Waals surface area contributed by atoms with Crippen LogP contribution in [0, 0.1) is 0 Å². The van der Waals surface area contributed by atoms with Gasteiger partial charge in [-0.3, -0.25) is 4.31 Å². The van der Waals surface area contributed by atoms with Crippen molar-refractivity contribution in [1.82, 2.24) is 4.31 Å². The predicted molar refractivity (Wildman–Crippen MR) is 76.2 cm³/mol. The molecule has 1 saturated heterocycles. The van der Waals surface area contributed by atoms with E-state index in [9.17, 15) is 8.42 Å². The maximum absolute atomic E-state index is 12.7. The molecular weight excluding hydrogens is 262 g/mol. The van der Waals surface area contributed by atoms with Gasteiger partial charge >= 0.3 is 10.2 Å². The van der Waals surface area contributed by atoms with Crippen molar-refractivity contribution in [2.24, 2.45) is 0 Å². The van der Waals surface area contributed by atoms with Gasteiger partial charge in [-0.1, -0.05) is 6.07 Å². The first kappa shape index (κ1) is 12.7. The molecule has 1 fully saturated rings. The second kappa shape index (κ2) is 4.68. The van der Waals surface area contributed by atoms with Crippen molar-refractivity contribution in [2.75, 3.05) is 29.7 Å². The lowest BCUT2D eigenvalue weighted by molar-refractivity contribution is 0.471. The number of nitrogen functional groups attached to an aromatic ring is 1. The standard InChI is InChI=1S/C13H19N3O2S/c14-12-6-5-11-4-3-9-16(13(11)10-12)19(17,18)15-7-1-2-8-15/h5-6,10H,1-4,7-9,14H2. The van der Waals surface area contributed by atoms with Crippen molar-refractivity contribution >= 4 is 21.6 Å². The second-order valence-electron chi connectivity index (χ2n) is 5.18. The Labute approximate surface area is 114 Å². The van der Waals surface area contributed by atoms with Crippen molar-refractivity contribution in [3.05, 3.63) is 23.8 Å². The second-order valence-corrected chi connectivity index (χ2v) is 7.03. The third kappa shape index (κ3) is 2.19. The van der Waals surface area contributed by atoms with Gasteiger partial charge in [0.1, 0.15) is 0 Å². The fraction of sp³-hybridized carbons (Fsp3) is 0.538. The van der Waals surface area contributed by atoms with E-state index in [1.807, 2.05) is 12.1 Å². The molecule has 0 radical (unpaired) electrons. The zero-order valence-corrected chi connectivity index (χ0v) is 11.7. The zero-order chi connectivity index (χ0) is 13.5. The number of nitrogens with two attached hydrogens (primary N) is 1. The molecule has 2 aliphatic rings. The maximum atomic E-state index is 12.7. The molecule has 0 spiro atoms. The summed E-state index contributed by atoms with van der Waals surface area (Å²) in [5.41, 5.74) is 8.25. The average Bonchev–Trinajstić information content (AvgIpc) is 2.92. The molecule has 2 aliphatic heterocycles. The predicted octanol–water partition coefficient (Wildman–Crippen LogP) is 1.36. The molecular formula is C13H19N3O2S. The fourth-order valence-corrected chi connectivity index (χ4v) is 4.63. The summed E-state index contributed by atoms with van der Waals surface area (Å²) in [5, 5.41) is 0. The van der Waals surface area contributed by atoms with Gasteiger partial charge in [0.2, 0.25) is 0 Å². The number of rotatable bonds is 2. The van der Waals surface area contributed by atoms with Crippen molar-refractivity contribution in [3.63, 3.8) is 0 Å². The zero-order valence-electron chi connectivity index (χ0n) is 10.9. The molecule has 2 heterocycles. The lowest BCUT2D eigenvalue weighted by atomic mass is 10.0. The number of aryl methyl sites for hydroxylation is 1. The van der Waals surface area contributed by atoms with Crippen LogP contribution < -0.4 is 10.0 Å². The van der Waals surface area contributed by atoms with Crippen LogP contribution in [0.3, 0.4) is 0 Å². The van der Waals surface area contributed by atoms with Gasteiger partial charge in [-0.15, -0.1) is 0 Å². The van der Waals surface area contributed by atoms with E-state index in [4.69, 9.17) is 5.73 Å². The molecule has 0 aromatic heterocycles. The van der Waals surface area contributed by atoms with Crippen molar-refractivity contribution in [3.8, 4) is 0 Å². The normalized spacial score (nSPS) is 20.5. The molecule has 0 unspecified atom stereocenters. The van der Waals surface area contributed by atoms with Gasteiger partial charge in [0, 0.05) is 25.3 Å². The van der Waals surface area contributed by atoms with E-state index >= 15 is 0 Å². The van der Waals surface area contributed by atoms with Crippen LogP contribution in [0.15, 0.2) is 18.2 Å². The van der Waals surface area contributed by atoms with E-state index in [2.05, 4.69) is 0 Å². The van der Waals surface area contributed by atoms with Crippen LogP contribution >= 0.6 is 0 Å². The van der Waals surface area contributed by atoms with Gasteiger partial charge in [0.15, 0.2) is 0 Å². The van der Waals surface area contributed by atoms with Crippen LogP contribution in [-0.4, -0.2) is 32.4 Å². The Balaban J connectivity index is 2.01. The Morgan fingerprint density at radius 1 is 1.05 bits per heavy atom. The molecule has 5 nitrogen and oxygen atoms in total. The monoisotopic (exact) mass is 281 g/mol. The van der Waals surface area contributed by atoms with Crippen LogP contribution in [0.2, 0.25) is 0 Å². The fourth-order valence-electron chi connectivity index (χ4n) is 2.86. The quantitative estimate of drug-likeness (QED) is 0.832. The van der Waals surface area contributed by atoms with E-state index < -0.39 is 10.2 Å². The highest BCUT2D eigenvalue weighted by Gasteiger charge is 2.34. The minimum Gasteiger partial charge on any atom is -0.399 e. The maximum Gasteiger partial charge on any atom is 0.304 e. The van der Waals surface area contributed by atoms with Gasteiger partial charge in [-0.25, -0.2) is 0 Å². The summed E-state index contributed by atoms with van der Waals surface area (Å²) in [6.45, 7) is 1.82. The summed E-state index contributed by atoms with van der Waals surface area (Å²) in [6.07, 6.45) is 3.69. The highest BCUT2D eigenvalue weighted by atomic mass is 32.2. The Bertz CT molecular complexity index is 580. The van der Waals surface area contributed by atoms with E-state index in [0.29, 0.717) is 25.3 Å². The van der Waals surface area contributed by atoms with E-state index in [-0.39, 0.29) is 0 Å². The summed E-state index contributed by atoms with van der Waals surface area (Å²) < 4.78 is 28.5. The summed E-state index contributed by atoms with van der Waals surface area (Å²) in [4.78, 5) is 0. The summed E-state index contributed by atoms with van der Waals surface area (Å²) >= 11 is 0. The van der Waals surface area contributed by atoms with Crippen LogP contribution in [0.25, 0.3) is 0 Å². The minimum atomic E-state index is -3.38. The highest BCUT2D eigenvalue weighted by Crippen LogP contribution is 2.32. The molecule has 0 amide bonds. The van der Waals surface area contributed by atoms with Crippen LogP contribution in [0.5, 0.6) is 0 Å². The smallest absolute Gasteiger partial charge is 0.304 e. The summed E-state index contributed by atoms with van der Waals surface area (Å²) in [5.74, 6) is 0. The summed E-state index contributed by atoms with van der Waals surface area (Å²) in [6, 6.07) is 5.56. The van der Waals surface area contributed by atoms with Gasteiger partial charge in [-0.2, -0.15) is 12.7 Å². The van der Waals surface area contributed by atoms with Crippen LogP contribution in [0.1, 0.15) is 24.8 Å². The SMILES string of the molecule is Nc1ccc2c(c1)N(S(=O)(=O)N1CCCC1)CCC2. The van der Waals surface area contributed by atoms with Gasteiger partial charge in [-0.05, 0) is 43.4 Å². The molecule has 3 rings (SSSR count). The number of nitrogens with zero attached hydrogens (tertiary/aromatic N) is 2. The Kier molecular flexibility index (Phi) is 3.14. The molecule has 1 aromatic rings. The van der Waals surface area contributed by atoms with E-state index in [1.165, 1.54) is 4.31 Å². The topological polar surface area (TPSA) is 66.6 Å². The molecule has 19 heavy (non-hydrogen) atoms. The van der Waals surface area contributed by atoms with Crippen molar-refractivity contribution in [1.29, 1.82) is 0 Å². The van der Waals surface area contributed by atoms with Crippen LogP contribution in [0.4, 0.5) is 11.4 Å². The van der Waals surface area contributed by atoms with Gasteiger partial charge in [0.25, 0.3) is 0 Å². The lowest BCUT2D eigenvalue weighted by Gasteiger charge is -2.33. The first-order valence-corrected chi connectivity index (χ1v) is 8.15. The van der Waals surface area contributed by atoms with Gasteiger partial charge in [0.05, 0.1) is 5.69 Å². The average molecular weight is 281 g/mol. The molecule has 0 aliphatic carbocycles. The Hall–Kier alpha value is -1.27. The third-order valence-electron chi connectivity index (χ3n) is 3.86. The molecule has 0 bridgehead atoms. The van der Waals surface area contributed by atoms with E-state index in [1.54, 1.807) is 10.4 Å². The Morgan fingerprint density at radius 3 is 2.53 bits per heavy atom. The summed E-state index contributed by atoms with van der Waals surface area (Å²) in [7, 11) is -3.38.